The molecule has 3 N–H and O–H groups in total. The second-order valence-electron chi connectivity index (χ2n) is 4.49. The first-order valence-electron chi connectivity index (χ1n) is 5.93. The van der Waals surface area contributed by atoms with Gasteiger partial charge in [-0.3, -0.25) is 4.79 Å². The number of alkyl halides is 3. The average Bonchev–Trinajstić information content (AvgIpc) is 2.36. The van der Waals surface area contributed by atoms with Gasteiger partial charge < -0.3 is 11.1 Å². The van der Waals surface area contributed by atoms with Crippen molar-refractivity contribution in [1.29, 1.82) is 0 Å². The lowest BCUT2D eigenvalue weighted by molar-refractivity contribution is -0.137. The maximum atomic E-state index is 12.6. The van der Waals surface area contributed by atoms with E-state index in [-0.39, 0.29) is 30.8 Å². The van der Waals surface area contributed by atoms with Gasteiger partial charge in [0.2, 0.25) is 5.91 Å². The van der Waals surface area contributed by atoms with Crippen LogP contribution < -0.4 is 11.1 Å². The topological polar surface area (TPSA) is 55.1 Å². The average molecular weight is 311 g/mol. The van der Waals surface area contributed by atoms with Crippen LogP contribution in [-0.2, 0) is 11.0 Å². The van der Waals surface area contributed by atoms with Crippen molar-refractivity contribution in [3.05, 3.63) is 35.4 Å². The van der Waals surface area contributed by atoms with Gasteiger partial charge in [-0.2, -0.15) is 13.2 Å². The molecular formula is C13H18ClF3N2O. The van der Waals surface area contributed by atoms with Gasteiger partial charge >= 0.3 is 6.18 Å². The van der Waals surface area contributed by atoms with E-state index in [1.807, 2.05) is 0 Å². The number of carbonyl (C=O) groups is 1. The zero-order valence-electron chi connectivity index (χ0n) is 11.2. The minimum atomic E-state index is -4.38. The zero-order valence-corrected chi connectivity index (χ0v) is 12.0. The molecule has 3 nitrogen and oxygen atoms in total. The first-order valence-corrected chi connectivity index (χ1v) is 5.93. The Bertz CT molecular complexity index is 451. The third kappa shape index (κ3) is 5.02. The number of benzene rings is 1. The predicted molar refractivity (Wildman–Crippen MR) is 73.5 cm³/mol. The van der Waals surface area contributed by atoms with E-state index in [1.165, 1.54) is 6.07 Å². The summed E-state index contributed by atoms with van der Waals surface area (Å²) >= 11 is 0. The summed E-state index contributed by atoms with van der Waals surface area (Å²) < 4.78 is 37.7. The molecule has 0 saturated heterocycles. The fourth-order valence-electron chi connectivity index (χ4n) is 1.53. The van der Waals surface area contributed by atoms with E-state index in [9.17, 15) is 18.0 Å². The summed E-state index contributed by atoms with van der Waals surface area (Å²) in [6.07, 6.45) is -4.38. The predicted octanol–water partition coefficient (Wildman–Crippen LogP) is 2.90. The number of rotatable bonds is 4. The molecule has 7 heteroatoms. The Balaban J connectivity index is 0.00000361. The van der Waals surface area contributed by atoms with E-state index in [0.29, 0.717) is 5.56 Å². The summed E-state index contributed by atoms with van der Waals surface area (Å²) in [5.74, 6) is -0.638. The molecule has 0 aliphatic heterocycles. The molecular weight excluding hydrogens is 293 g/mol. The molecule has 0 bridgehead atoms. The second-order valence-corrected chi connectivity index (χ2v) is 4.49. The van der Waals surface area contributed by atoms with Gasteiger partial charge in [0.1, 0.15) is 0 Å². The molecule has 1 aromatic rings. The third-order valence-electron chi connectivity index (χ3n) is 2.87. The molecule has 1 amide bonds. The molecule has 1 aromatic carbocycles. The van der Waals surface area contributed by atoms with Crippen LogP contribution in [0.3, 0.4) is 0 Å². The molecule has 0 aromatic heterocycles. The number of carbonyl (C=O) groups excluding carboxylic acids is 1. The van der Waals surface area contributed by atoms with Crippen molar-refractivity contribution in [3.63, 3.8) is 0 Å². The van der Waals surface area contributed by atoms with Crippen molar-refractivity contribution in [1.82, 2.24) is 5.32 Å². The molecule has 0 aliphatic rings. The van der Waals surface area contributed by atoms with Gasteiger partial charge in [-0.1, -0.05) is 19.1 Å². The molecule has 20 heavy (non-hydrogen) atoms. The Morgan fingerprint density at radius 3 is 2.45 bits per heavy atom. The zero-order chi connectivity index (χ0) is 14.6. The van der Waals surface area contributed by atoms with Crippen molar-refractivity contribution in [3.8, 4) is 0 Å². The van der Waals surface area contributed by atoms with Crippen LogP contribution in [-0.4, -0.2) is 12.5 Å². The molecule has 2 atom stereocenters. The van der Waals surface area contributed by atoms with Crippen LogP contribution in [0.5, 0.6) is 0 Å². The van der Waals surface area contributed by atoms with E-state index in [2.05, 4.69) is 5.32 Å². The normalized spacial score (nSPS) is 14.1. The SMILES string of the molecule is CC(CN)C(=O)NC(C)c1cccc(C(F)(F)F)c1.Cl. The Hall–Kier alpha value is -1.27. The highest BCUT2D eigenvalue weighted by Gasteiger charge is 2.30. The number of halogens is 4. The van der Waals surface area contributed by atoms with Gasteiger partial charge in [-0.05, 0) is 24.6 Å². The Morgan fingerprint density at radius 2 is 1.95 bits per heavy atom. The van der Waals surface area contributed by atoms with E-state index >= 15 is 0 Å². The monoisotopic (exact) mass is 310 g/mol. The molecule has 0 heterocycles. The van der Waals surface area contributed by atoms with Crippen LogP contribution in [0.2, 0.25) is 0 Å². The van der Waals surface area contributed by atoms with Crippen molar-refractivity contribution in [2.45, 2.75) is 26.1 Å². The van der Waals surface area contributed by atoms with Crippen LogP contribution in [0.25, 0.3) is 0 Å². The summed E-state index contributed by atoms with van der Waals surface area (Å²) in [6, 6.07) is 4.42. The molecule has 114 valence electrons. The van der Waals surface area contributed by atoms with Crippen LogP contribution in [0, 0.1) is 5.92 Å². The Kier molecular flexibility index (Phi) is 7.02. The summed E-state index contributed by atoms with van der Waals surface area (Å²) in [7, 11) is 0. The minimum absolute atomic E-state index is 0. The number of hydrogen-bond acceptors (Lipinski definition) is 2. The Labute approximate surface area is 122 Å². The summed E-state index contributed by atoms with van der Waals surface area (Å²) in [6.45, 7) is 3.49. The van der Waals surface area contributed by atoms with Crippen molar-refractivity contribution in [2.75, 3.05) is 6.54 Å². The largest absolute Gasteiger partial charge is 0.416 e. The lowest BCUT2D eigenvalue weighted by Gasteiger charge is -2.18. The summed E-state index contributed by atoms with van der Waals surface area (Å²) in [4.78, 5) is 11.6. The first-order chi connectivity index (χ1) is 8.75. The van der Waals surface area contributed by atoms with Crippen LogP contribution in [0.15, 0.2) is 24.3 Å². The third-order valence-corrected chi connectivity index (χ3v) is 2.87. The number of hydrogen-bond donors (Lipinski definition) is 2. The van der Waals surface area contributed by atoms with Crippen molar-refractivity contribution >= 4 is 18.3 Å². The summed E-state index contributed by atoms with van der Waals surface area (Å²) in [5, 5.41) is 2.64. The second kappa shape index (κ2) is 7.50. The van der Waals surface area contributed by atoms with Crippen molar-refractivity contribution < 1.29 is 18.0 Å². The van der Waals surface area contributed by atoms with Gasteiger partial charge in [0.25, 0.3) is 0 Å². The lowest BCUT2D eigenvalue weighted by Crippen LogP contribution is -2.34. The van der Waals surface area contributed by atoms with Crippen LogP contribution in [0.1, 0.15) is 31.0 Å². The highest BCUT2D eigenvalue weighted by atomic mass is 35.5. The molecule has 0 spiro atoms. The number of nitrogens with two attached hydrogens (primary N) is 1. The standard InChI is InChI=1S/C13H17F3N2O.ClH/c1-8(7-17)12(19)18-9(2)10-4-3-5-11(6-10)13(14,15)16;/h3-6,8-9H,7,17H2,1-2H3,(H,18,19);1H. The highest BCUT2D eigenvalue weighted by Crippen LogP contribution is 2.30. The fraction of sp³-hybridized carbons (Fsp3) is 0.462. The van der Waals surface area contributed by atoms with E-state index in [1.54, 1.807) is 19.9 Å². The van der Waals surface area contributed by atoms with Gasteiger partial charge in [0.05, 0.1) is 11.6 Å². The Morgan fingerprint density at radius 1 is 1.35 bits per heavy atom. The summed E-state index contributed by atoms with van der Waals surface area (Å²) in [5.41, 5.74) is 5.04. The minimum Gasteiger partial charge on any atom is -0.349 e. The van der Waals surface area contributed by atoms with Gasteiger partial charge in [0, 0.05) is 12.5 Å². The van der Waals surface area contributed by atoms with Crippen LogP contribution in [0.4, 0.5) is 13.2 Å². The smallest absolute Gasteiger partial charge is 0.349 e. The number of amides is 1. The maximum absolute atomic E-state index is 12.6. The van der Waals surface area contributed by atoms with Crippen LogP contribution >= 0.6 is 12.4 Å². The van der Waals surface area contributed by atoms with E-state index < -0.39 is 17.8 Å². The number of nitrogens with one attached hydrogen (secondary N) is 1. The van der Waals surface area contributed by atoms with E-state index in [0.717, 1.165) is 12.1 Å². The fourth-order valence-corrected chi connectivity index (χ4v) is 1.53. The maximum Gasteiger partial charge on any atom is 0.416 e. The molecule has 0 saturated carbocycles. The molecule has 2 unspecified atom stereocenters. The molecule has 0 fully saturated rings. The lowest BCUT2D eigenvalue weighted by atomic mass is 10.0. The van der Waals surface area contributed by atoms with E-state index in [4.69, 9.17) is 5.73 Å². The van der Waals surface area contributed by atoms with Gasteiger partial charge in [0.15, 0.2) is 0 Å². The highest BCUT2D eigenvalue weighted by molar-refractivity contribution is 5.85. The first kappa shape index (κ1) is 18.7. The van der Waals surface area contributed by atoms with Gasteiger partial charge in [-0.15, -0.1) is 12.4 Å². The van der Waals surface area contributed by atoms with Gasteiger partial charge in [-0.25, -0.2) is 0 Å². The molecule has 0 radical (unpaired) electrons. The quantitative estimate of drug-likeness (QED) is 0.898. The molecule has 0 aliphatic carbocycles. The van der Waals surface area contributed by atoms with Crippen molar-refractivity contribution in [2.24, 2.45) is 11.7 Å². The molecule has 1 rings (SSSR count).